The quantitative estimate of drug-likeness (QED) is 0.929. The number of aryl methyl sites for hydroxylation is 1. The predicted molar refractivity (Wildman–Crippen MR) is 74.3 cm³/mol. The average molecular weight is 303 g/mol. The zero-order valence-corrected chi connectivity index (χ0v) is 12.4. The molecule has 0 aliphatic carbocycles. The highest BCUT2D eigenvalue weighted by atomic mass is 32.2. The summed E-state index contributed by atoms with van der Waals surface area (Å²) in [6, 6.07) is 1.88. The maximum absolute atomic E-state index is 14.1. The Bertz CT molecular complexity index is 601. The van der Waals surface area contributed by atoms with Gasteiger partial charge in [0.25, 0.3) is 0 Å². The highest BCUT2D eigenvalue weighted by Gasteiger charge is 2.35. The van der Waals surface area contributed by atoms with Gasteiger partial charge >= 0.3 is 0 Å². The molecule has 0 saturated carbocycles. The molecule has 112 valence electrons. The Labute approximate surface area is 118 Å². The molecule has 1 aliphatic rings. The van der Waals surface area contributed by atoms with E-state index in [1.807, 2.05) is 6.92 Å². The van der Waals surface area contributed by atoms with E-state index >= 15 is 0 Å². The van der Waals surface area contributed by atoms with Crippen LogP contribution in [0, 0.1) is 24.5 Å². The van der Waals surface area contributed by atoms with Crippen LogP contribution in [0.15, 0.2) is 12.1 Å². The van der Waals surface area contributed by atoms with Gasteiger partial charge in [0, 0.05) is 11.6 Å². The molecule has 1 aromatic rings. The fraction of sp³-hybridized carbons (Fsp3) is 0.571. The van der Waals surface area contributed by atoms with E-state index in [1.165, 1.54) is 19.1 Å². The third kappa shape index (κ3) is 3.17. The summed E-state index contributed by atoms with van der Waals surface area (Å²) in [6.45, 7) is 3.93. The summed E-state index contributed by atoms with van der Waals surface area (Å²) in [7, 11) is -3.05. The van der Waals surface area contributed by atoms with Gasteiger partial charge in [-0.2, -0.15) is 0 Å². The standard InChI is InChI=1S/C14H19F2NO2S/c1-3-17-14(10-4-5-20(18,19)8-10)11-7-12(15)9(2)6-13(11)16/h6-7,10,14,17H,3-5,8H2,1-2H3. The Balaban J connectivity index is 2.36. The van der Waals surface area contributed by atoms with E-state index in [2.05, 4.69) is 5.32 Å². The lowest BCUT2D eigenvalue weighted by Crippen LogP contribution is -2.30. The van der Waals surface area contributed by atoms with Gasteiger partial charge in [-0.1, -0.05) is 6.92 Å². The minimum Gasteiger partial charge on any atom is -0.310 e. The number of halogens is 2. The molecule has 1 saturated heterocycles. The number of nitrogens with one attached hydrogen (secondary N) is 1. The lowest BCUT2D eigenvalue weighted by Gasteiger charge is -2.24. The van der Waals surface area contributed by atoms with Crippen molar-refractivity contribution in [3.8, 4) is 0 Å². The zero-order chi connectivity index (χ0) is 14.9. The second-order valence-electron chi connectivity index (χ2n) is 5.32. The van der Waals surface area contributed by atoms with Gasteiger partial charge in [-0.25, -0.2) is 17.2 Å². The first kappa shape index (κ1) is 15.4. The van der Waals surface area contributed by atoms with Crippen LogP contribution >= 0.6 is 0 Å². The maximum atomic E-state index is 14.1. The van der Waals surface area contributed by atoms with E-state index in [4.69, 9.17) is 0 Å². The molecule has 1 aliphatic heterocycles. The fourth-order valence-electron chi connectivity index (χ4n) is 2.74. The zero-order valence-electron chi connectivity index (χ0n) is 11.6. The molecular formula is C14H19F2NO2S. The van der Waals surface area contributed by atoms with Crippen molar-refractivity contribution in [2.24, 2.45) is 5.92 Å². The molecule has 0 amide bonds. The molecule has 1 aromatic carbocycles. The average Bonchev–Trinajstić information content (AvgIpc) is 2.71. The van der Waals surface area contributed by atoms with Crippen molar-refractivity contribution in [1.82, 2.24) is 5.32 Å². The van der Waals surface area contributed by atoms with E-state index in [0.717, 1.165) is 0 Å². The van der Waals surface area contributed by atoms with Crippen LogP contribution in [-0.4, -0.2) is 26.5 Å². The van der Waals surface area contributed by atoms with Gasteiger partial charge in [-0.05, 0) is 43.5 Å². The first-order chi connectivity index (χ1) is 9.34. The fourth-order valence-corrected chi connectivity index (χ4v) is 4.58. The minimum atomic E-state index is -3.05. The molecule has 0 aromatic heterocycles. The van der Waals surface area contributed by atoms with Crippen LogP contribution in [0.4, 0.5) is 8.78 Å². The van der Waals surface area contributed by atoms with Crippen LogP contribution in [0.1, 0.15) is 30.5 Å². The second-order valence-corrected chi connectivity index (χ2v) is 7.55. The molecule has 6 heteroatoms. The second kappa shape index (κ2) is 5.77. The van der Waals surface area contributed by atoms with Gasteiger partial charge in [0.05, 0.1) is 11.5 Å². The van der Waals surface area contributed by atoms with Gasteiger partial charge in [-0.15, -0.1) is 0 Å². The summed E-state index contributed by atoms with van der Waals surface area (Å²) in [4.78, 5) is 0. The monoisotopic (exact) mass is 303 g/mol. The van der Waals surface area contributed by atoms with Crippen LogP contribution in [-0.2, 0) is 9.84 Å². The van der Waals surface area contributed by atoms with Crippen molar-refractivity contribution in [2.75, 3.05) is 18.1 Å². The van der Waals surface area contributed by atoms with Crippen LogP contribution < -0.4 is 5.32 Å². The Morgan fingerprint density at radius 1 is 1.35 bits per heavy atom. The molecule has 0 spiro atoms. The lowest BCUT2D eigenvalue weighted by atomic mass is 9.91. The van der Waals surface area contributed by atoms with Gasteiger partial charge in [-0.3, -0.25) is 0 Å². The first-order valence-electron chi connectivity index (χ1n) is 6.73. The van der Waals surface area contributed by atoms with Crippen LogP contribution in [0.3, 0.4) is 0 Å². The molecule has 1 heterocycles. The molecule has 20 heavy (non-hydrogen) atoms. The smallest absolute Gasteiger partial charge is 0.150 e. The van der Waals surface area contributed by atoms with E-state index in [0.29, 0.717) is 13.0 Å². The van der Waals surface area contributed by atoms with Crippen LogP contribution in [0.2, 0.25) is 0 Å². The summed E-state index contributed by atoms with van der Waals surface area (Å²) in [5.41, 5.74) is 0.470. The number of hydrogen-bond donors (Lipinski definition) is 1. The molecule has 0 radical (unpaired) electrons. The predicted octanol–water partition coefficient (Wildman–Crippen LogP) is 2.36. The third-order valence-electron chi connectivity index (χ3n) is 3.78. The van der Waals surface area contributed by atoms with E-state index < -0.39 is 27.5 Å². The number of sulfone groups is 1. The SMILES string of the molecule is CCNC(c1cc(F)c(C)cc1F)C1CCS(=O)(=O)C1. The maximum Gasteiger partial charge on any atom is 0.150 e. The number of hydrogen-bond acceptors (Lipinski definition) is 3. The summed E-state index contributed by atoms with van der Waals surface area (Å²) >= 11 is 0. The molecule has 2 unspecified atom stereocenters. The Morgan fingerprint density at radius 3 is 2.60 bits per heavy atom. The first-order valence-corrected chi connectivity index (χ1v) is 8.55. The molecule has 1 N–H and O–H groups in total. The van der Waals surface area contributed by atoms with Crippen LogP contribution in [0.5, 0.6) is 0 Å². The Hall–Kier alpha value is -1.01. The van der Waals surface area contributed by atoms with Gasteiger partial charge in [0.2, 0.25) is 0 Å². The summed E-state index contributed by atoms with van der Waals surface area (Å²) < 4.78 is 51.0. The van der Waals surface area contributed by atoms with E-state index in [9.17, 15) is 17.2 Å². The molecule has 1 fully saturated rings. The van der Waals surface area contributed by atoms with Crippen molar-refractivity contribution < 1.29 is 17.2 Å². The minimum absolute atomic E-state index is 0.0274. The normalized spacial score (nSPS) is 22.9. The molecule has 2 atom stereocenters. The van der Waals surface area contributed by atoms with Crippen molar-refractivity contribution in [3.63, 3.8) is 0 Å². The summed E-state index contributed by atoms with van der Waals surface area (Å²) in [5.74, 6) is -1.02. The molecule has 2 rings (SSSR count). The van der Waals surface area contributed by atoms with Gasteiger partial charge in [0.1, 0.15) is 11.6 Å². The third-order valence-corrected chi connectivity index (χ3v) is 5.57. The molecule has 3 nitrogen and oxygen atoms in total. The number of rotatable bonds is 4. The summed E-state index contributed by atoms with van der Waals surface area (Å²) in [5, 5.41) is 3.10. The lowest BCUT2D eigenvalue weighted by molar-refractivity contribution is 0.384. The Morgan fingerprint density at radius 2 is 2.05 bits per heavy atom. The van der Waals surface area contributed by atoms with Gasteiger partial charge in [0.15, 0.2) is 9.84 Å². The van der Waals surface area contributed by atoms with Crippen molar-refractivity contribution >= 4 is 9.84 Å². The van der Waals surface area contributed by atoms with Crippen molar-refractivity contribution in [3.05, 3.63) is 34.9 Å². The van der Waals surface area contributed by atoms with Crippen LogP contribution in [0.25, 0.3) is 0 Å². The van der Waals surface area contributed by atoms with Crippen molar-refractivity contribution in [2.45, 2.75) is 26.3 Å². The van der Waals surface area contributed by atoms with Crippen molar-refractivity contribution in [1.29, 1.82) is 0 Å². The summed E-state index contributed by atoms with van der Waals surface area (Å²) in [6.07, 6.45) is 0.481. The van der Waals surface area contributed by atoms with E-state index in [1.54, 1.807) is 0 Å². The van der Waals surface area contributed by atoms with E-state index in [-0.39, 0.29) is 28.6 Å². The highest BCUT2D eigenvalue weighted by Crippen LogP contribution is 2.33. The Kier molecular flexibility index (Phi) is 4.44. The molecule has 0 bridgehead atoms. The van der Waals surface area contributed by atoms with Gasteiger partial charge < -0.3 is 5.32 Å². The largest absolute Gasteiger partial charge is 0.310 e. The highest BCUT2D eigenvalue weighted by molar-refractivity contribution is 7.91. The topological polar surface area (TPSA) is 46.2 Å². The number of benzene rings is 1. The molecular weight excluding hydrogens is 284 g/mol.